The van der Waals surface area contributed by atoms with Gasteiger partial charge in [0.1, 0.15) is 0 Å². The Morgan fingerprint density at radius 2 is 2.23 bits per heavy atom. The molecule has 7 heteroatoms. The van der Waals surface area contributed by atoms with E-state index >= 15 is 0 Å². The van der Waals surface area contributed by atoms with E-state index in [1.807, 2.05) is 11.0 Å². The number of aromatic nitrogens is 2. The molecule has 122 valence electrons. The molecule has 0 aromatic carbocycles. The van der Waals surface area contributed by atoms with Crippen molar-refractivity contribution in [2.24, 2.45) is 0 Å². The summed E-state index contributed by atoms with van der Waals surface area (Å²) < 4.78 is 0. The average Bonchev–Trinajstić information content (AvgIpc) is 2.91. The fraction of sp³-hybridized carbons (Fsp3) is 0.667. The number of amides is 2. The van der Waals surface area contributed by atoms with Gasteiger partial charge in [-0.25, -0.2) is 0 Å². The molecule has 1 aliphatic heterocycles. The van der Waals surface area contributed by atoms with Crippen molar-refractivity contribution in [3.05, 3.63) is 17.5 Å². The minimum absolute atomic E-state index is 0.0183. The maximum absolute atomic E-state index is 12.1. The van der Waals surface area contributed by atoms with Crippen molar-refractivity contribution in [3.8, 4) is 0 Å². The maximum Gasteiger partial charge on any atom is 0.237 e. The monoisotopic (exact) mass is 307 g/mol. The van der Waals surface area contributed by atoms with Gasteiger partial charge in [-0.05, 0) is 6.07 Å². The highest BCUT2D eigenvalue weighted by molar-refractivity contribution is 5.88. The van der Waals surface area contributed by atoms with Gasteiger partial charge in [-0.1, -0.05) is 20.8 Å². The molecule has 0 aliphatic carbocycles. The fourth-order valence-corrected chi connectivity index (χ4v) is 2.50. The predicted octanol–water partition coefficient (Wildman–Crippen LogP) is 0.144. The van der Waals surface area contributed by atoms with Gasteiger partial charge < -0.3 is 10.6 Å². The van der Waals surface area contributed by atoms with Gasteiger partial charge in [-0.15, -0.1) is 0 Å². The standard InChI is InChI=1S/C15H25N5O2/c1-15(2,3)12-7-10(18-19-12)9-20-6-5-17-14(22)11(20)8-13(21)16-4/h7,11H,5-6,8-9H2,1-4H3,(H,16,21)(H,17,22)(H,18,19)/t11-/m0/s1. The number of H-pyrrole nitrogens is 1. The third-order valence-electron chi connectivity index (χ3n) is 3.87. The van der Waals surface area contributed by atoms with Crippen LogP contribution < -0.4 is 10.6 Å². The zero-order valence-electron chi connectivity index (χ0n) is 13.7. The van der Waals surface area contributed by atoms with Gasteiger partial charge in [-0.3, -0.25) is 19.6 Å². The largest absolute Gasteiger partial charge is 0.359 e. The average molecular weight is 307 g/mol. The summed E-state index contributed by atoms with van der Waals surface area (Å²) >= 11 is 0. The van der Waals surface area contributed by atoms with Crippen LogP contribution >= 0.6 is 0 Å². The Morgan fingerprint density at radius 3 is 2.82 bits per heavy atom. The molecular formula is C15H25N5O2. The molecular weight excluding hydrogens is 282 g/mol. The van der Waals surface area contributed by atoms with E-state index in [2.05, 4.69) is 41.6 Å². The highest BCUT2D eigenvalue weighted by Crippen LogP contribution is 2.21. The summed E-state index contributed by atoms with van der Waals surface area (Å²) in [5, 5.41) is 12.8. The van der Waals surface area contributed by atoms with Crippen LogP contribution in [0.15, 0.2) is 6.07 Å². The Hall–Kier alpha value is -1.89. The zero-order valence-corrected chi connectivity index (χ0v) is 13.7. The lowest BCUT2D eigenvalue weighted by Crippen LogP contribution is -2.56. The van der Waals surface area contributed by atoms with Gasteiger partial charge in [-0.2, -0.15) is 5.10 Å². The van der Waals surface area contributed by atoms with Gasteiger partial charge in [0.2, 0.25) is 11.8 Å². The van der Waals surface area contributed by atoms with E-state index in [0.29, 0.717) is 13.1 Å². The Bertz CT molecular complexity index is 546. The second-order valence-corrected chi connectivity index (χ2v) is 6.68. The zero-order chi connectivity index (χ0) is 16.3. The first-order valence-corrected chi connectivity index (χ1v) is 7.58. The molecule has 22 heavy (non-hydrogen) atoms. The van der Waals surface area contributed by atoms with Crippen LogP contribution in [0.2, 0.25) is 0 Å². The van der Waals surface area contributed by atoms with E-state index in [0.717, 1.165) is 17.9 Å². The van der Waals surface area contributed by atoms with Crippen molar-refractivity contribution >= 4 is 11.8 Å². The summed E-state index contributed by atoms with van der Waals surface area (Å²) in [6, 6.07) is 1.60. The number of hydrogen-bond acceptors (Lipinski definition) is 4. The first-order valence-electron chi connectivity index (χ1n) is 7.58. The van der Waals surface area contributed by atoms with Crippen molar-refractivity contribution in [2.45, 2.75) is 45.2 Å². The molecule has 1 atom stereocenters. The van der Waals surface area contributed by atoms with E-state index in [-0.39, 0.29) is 23.7 Å². The number of hydrogen-bond donors (Lipinski definition) is 3. The van der Waals surface area contributed by atoms with Crippen LogP contribution in [0.1, 0.15) is 38.6 Å². The molecule has 2 heterocycles. The SMILES string of the molecule is CNC(=O)C[C@H]1C(=O)NCCN1Cc1cc(C(C)(C)C)n[nH]1. The predicted molar refractivity (Wildman–Crippen MR) is 83.2 cm³/mol. The van der Waals surface area contributed by atoms with Crippen molar-refractivity contribution in [3.63, 3.8) is 0 Å². The summed E-state index contributed by atoms with van der Waals surface area (Å²) in [6.07, 6.45) is 0.169. The van der Waals surface area contributed by atoms with E-state index in [1.165, 1.54) is 0 Å². The maximum atomic E-state index is 12.1. The third kappa shape index (κ3) is 3.85. The van der Waals surface area contributed by atoms with Crippen molar-refractivity contribution in [1.82, 2.24) is 25.7 Å². The molecule has 0 saturated carbocycles. The van der Waals surface area contributed by atoms with Crippen LogP contribution in [0.25, 0.3) is 0 Å². The number of aromatic amines is 1. The minimum Gasteiger partial charge on any atom is -0.359 e. The van der Waals surface area contributed by atoms with Crippen LogP contribution in [0.5, 0.6) is 0 Å². The van der Waals surface area contributed by atoms with Crippen LogP contribution in [0, 0.1) is 0 Å². The first-order chi connectivity index (χ1) is 10.3. The minimum atomic E-state index is -0.435. The summed E-state index contributed by atoms with van der Waals surface area (Å²) in [5.74, 6) is -0.225. The number of nitrogens with one attached hydrogen (secondary N) is 3. The van der Waals surface area contributed by atoms with Gasteiger partial charge in [0.15, 0.2) is 0 Å². The molecule has 0 spiro atoms. The lowest BCUT2D eigenvalue weighted by molar-refractivity contribution is -0.134. The Morgan fingerprint density at radius 1 is 1.50 bits per heavy atom. The molecule has 0 bridgehead atoms. The van der Waals surface area contributed by atoms with E-state index in [9.17, 15) is 9.59 Å². The highest BCUT2D eigenvalue weighted by atomic mass is 16.2. The molecule has 7 nitrogen and oxygen atoms in total. The van der Waals surface area contributed by atoms with Gasteiger partial charge in [0.05, 0.1) is 18.2 Å². The summed E-state index contributed by atoms with van der Waals surface area (Å²) in [6.45, 7) is 8.22. The summed E-state index contributed by atoms with van der Waals surface area (Å²) in [7, 11) is 1.58. The Balaban J connectivity index is 2.09. The summed E-state index contributed by atoms with van der Waals surface area (Å²) in [5.41, 5.74) is 1.93. The molecule has 0 radical (unpaired) electrons. The first kappa shape index (κ1) is 16.5. The topological polar surface area (TPSA) is 90.1 Å². The normalized spacial score (nSPS) is 19.8. The lowest BCUT2D eigenvalue weighted by atomic mass is 9.92. The fourth-order valence-electron chi connectivity index (χ4n) is 2.50. The number of carbonyl (C=O) groups excluding carboxylic acids is 2. The van der Waals surface area contributed by atoms with E-state index < -0.39 is 6.04 Å². The quantitative estimate of drug-likeness (QED) is 0.738. The molecule has 2 amide bonds. The van der Waals surface area contributed by atoms with Crippen molar-refractivity contribution in [1.29, 1.82) is 0 Å². The number of piperazine rings is 1. The molecule has 1 aromatic rings. The van der Waals surface area contributed by atoms with Crippen LogP contribution in [0.3, 0.4) is 0 Å². The van der Waals surface area contributed by atoms with Crippen molar-refractivity contribution < 1.29 is 9.59 Å². The number of nitrogens with zero attached hydrogens (tertiary/aromatic N) is 2. The number of rotatable bonds is 4. The van der Waals surface area contributed by atoms with Gasteiger partial charge in [0.25, 0.3) is 0 Å². The lowest BCUT2D eigenvalue weighted by Gasteiger charge is -2.34. The Labute approximate surface area is 130 Å². The van der Waals surface area contributed by atoms with Crippen molar-refractivity contribution in [2.75, 3.05) is 20.1 Å². The second kappa shape index (κ2) is 6.48. The van der Waals surface area contributed by atoms with E-state index in [1.54, 1.807) is 7.05 Å². The molecule has 1 saturated heterocycles. The van der Waals surface area contributed by atoms with E-state index in [4.69, 9.17) is 0 Å². The molecule has 1 aromatic heterocycles. The molecule has 3 N–H and O–H groups in total. The highest BCUT2D eigenvalue weighted by Gasteiger charge is 2.31. The Kier molecular flexibility index (Phi) is 4.85. The second-order valence-electron chi connectivity index (χ2n) is 6.68. The molecule has 1 aliphatic rings. The smallest absolute Gasteiger partial charge is 0.237 e. The van der Waals surface area contributed by atoms with Crippen LogP contribution in [-0.2, 0) is 21.5 Å². The number of carbonyl (C=O) groups is 2. The molecule has 1 fully saturated rings. The van der Waals surface area contributed by atoms with Gasteiger partial charge >= 0.3 is 0 Å². The third-order valence-corrected chi connectivity index (χ3v) is 3.87. The summed E-state index contributed by atoms with van der Waals surface area (Å²) in [4.78, 5) is 25.7. The molecule has 0 unspecified atom stereocenters. The van der Waals surface area contributed by atoms with Gasteiger partial charge in [0, 0.05) is 37.8 Å². The van der Waals surface area contributed by atoms with Crippen LogP contribution in [-0.4, -0.2) is 53.1 Å². The van der Waals surface area contributed by atoms with Crippen LogP contribution in [0.4, 0.5) is 0 Å². The molecule has 2 rings (SSSR count).